The normalized spacial score (nSPS) is 10.6. The van der Waals surface area contributed by atoms with Crippen molar-refractivity contribution in [2.45, 2.75) is 40.7 Å². The summed E-state index contributed by atoms with van der Waals surface area (Å²) in [7, 11) is 0. The Morgan fingerprint density at radius 3 is 2.53 bits per heavy atom. The molecule has 0 heterocycles. The lowest BCUT2D eigenvalue weighted by molar-refractivity contribution is 0.716. The van der Waals surface area contributed by atoms with Gasteiger partial charge in [0.1, 0.15) is 0 Å². The molecule has 2 nitrogen and oxygen atoms in total. The monoisotopic (exact) mass is 234 g/mol. The van der Waals surface area contributed by atoms with E-state index < -0.39 is 0 Å². The minimum absolute atomic E-state index is 0.966. The summed E-state index contributed by atoms with van der Waals surface area (Å²) >= 11 is 0. The third-order valence-corrected chi connectivity index (χ3v) is 3.02. The van der Waals surface area contributed by atoms with Crippen molar-refractivity contribution in [2.24, 2.45) is 0 Å². The van der Waals surface area contributed by atoms with Crippen molar-refractivity contribution in [3.8, 4) is 0 Å². The number of rotatable bonds is 7. The number of hydrogen-bond acceptors (Lipinski definition) is 2. The first-order valence-electron chi connectivity index (χ1n) is 6.78. The molecule has 1 aromatic carbocycles. The first-order valence-corrected chi connectivity index (χ1v) is 6.78. The minimum atomic E-state index is 0.966. The number of benzene rings is 1. The van der Waals surface area contributed by atoms with Gasteiger partial charge in [-0.1, -0.05) is 31.5 Å². The van der Waals surface area contributed by atoms with E-state index in [1.807, 2.05) is 0 Å². The van der Waals surface area contributed by atoms with Crippen molar-refractivity contribution in [1.29, 1.82) is 0 Å². The molecule has 1 rings (SSSR count). The second-order valence-electron chi connectivity index (χ2n) is 4.49. The van der Waals surface area contributed by atoms with E-state index in [-0.39, 0.29) is 0 Å². The number of anilines is 1. The van der Waals surface area contributed by atoms with Crippen LogP contribution in [0.4, 0.5) is 5.69 Å². The zero-order valence-corrected chi connectivity index (χ0v) is 11.7. The molecule has 1 N–H and O–H groups in total. The maximum absolute atomic E-state index is 3.43. The number of nitrogens with one attached hydrogen (secondary N) is 1. The van der Waals surface area contributed by atoms with E-state index >= 15 is 0 Å². The minimum Gasteiger partial charge on any atom is -0.372 e. The average molecular weight is 234 g/mol. The van der Waals surface area contributed by atoms with Gasteiger partial charge in [0.15, 0.2) is 0 Å². The van der Waals surface area contributed by atoms with Crippen molar-refractivity contribution in [2.75, 3.05) is 24.5 Å². The SMILES string of the molecule is CCCN(CC)c1ccc(C)cc1CNCC. The Bertz CT molecular complexity index is 334. The van der Waals surface area contributed by atoms with Crippen molar-refractivity contribution >= 4 is 5.69 Å². The predicted octanol–water partition coefficient (Wildman–Crippen LogP) is 3.34. The summed E-state index contributed by atoms with van der Waals surface area (Å²) in [4.78, 5) is 2.46. The lowest BCUT2D eigenvalue weighted by Gasteiger charge is -2.25. The molecule has 17 heavy (non-hydrogen) atoms. The van der Waals surface area contributed by atoms with Crippen LogP contribution in [0.25, 0.3) is 0 Å². The smallest absolute Gasteiger partial charge is 0.0411 e. The molecule has 0 aliphatic rings. The molecule has 96 valence electrons. The maximum Gasteiger partial charge on any atom is 0.0411 e. The van der Waals surface area contributed by atoms with Crippen LogP contribution in [0.2, 0.25) is 0 Å². The Hall–Kier alpha value is -1.02. The van der Waals surface area contributed by atoms with Gasteiger partial charge >= 0.3 is 0 Å². The molecule has 0 aliphatic heterocycles. The Labute approximate surface area is 106 Å². The van der Waals surface area contributed by atoms with Crippen LogP contribution in [0.15, 0.2) is 18.2 Å². The van der Waals surface area contributed by atoms with Crippen LogP contribution in [0.1, 0.15) is 38.3 Å². The standard InChI is InChI=1S/C15H26N2/c1-5-10-17(7-3)15-9-8-13(4)11-14(15)12-16-6-2/h8-9,11,16H,5-7,10,12H2,1-4H3. The Morgan fingerprint density at radius 2 is 1.94 bits per heavy atom. The molecule has 0 atom stereocenters. The van der Waals surface area contributed by atoms with Gasteiger partial charge in [-0.05, 0) is 38.4 Å². The molecule has 2 heteroatoms. The molecule has 0 fully saturated rings. The maximum atomic E-state index is 3.43. The van der Waals surface area contributed by atoms with E-state index in [0.29, 0.717) is 0 Å². The van der Waals surface area contributed by atoms with Crippen molar-refractivity contribution in [3.05, 3.63) is 29.3 Å². The molecule has 0 saturated carbocycles. The summed E-state index contributed by atoms with van der Waals surface area (Å²) < 4.78 is 0. The van der Waals surface area contributed by atoms with Gasteiger partial charge in [0.25, 0.3) is 0 Å². The Kier molecular flexibility index (Phi) is 6.06. The van der Waals surface area contributed by atoms with Crippen LogP contribution in [0.5, 0.6) is 0 Å². The molecular formula is C15H26N2. The van der Waals surface area contributed by atoms with Gasteiger partial charge in [-0.15, -0.1) is 0 Å². The third-order valence-electron chi connectivity index (χ3n) is 3.02. The Balaban J connectivity index is 2.94. The van der Waals surface area contributed by atoms with Gasteiger partial charge in [-0.2, -0.15) is 0 Å². The van der Waals surface area contributed by atoms with Crippen LogP contribution in [-0.2, 0) is 6.54 Å². The lowest BCUT2D eigenvalue weighted by atomic mass is 10.1. The highest BCUT2D eigenvalue weighted by molar-refractivity contribution is 5.55. The van der Waals surface area contributed by atoms with E-state index in [1.54, 1.807) is 0 Å². The first-order chi connectivity index (χ1) is 8.22. The van der Waals surface area contributed by atoms with Crippen LogP contribution >= 0.6 is 0 Å². The van der Waals surface area contributed by atoms with Gasteiger partial charge in [0, 0.05) is 25.3 Å². The third kappa shape index (κ3) is 4.04. The molecule has 0 spiro atoms. The zero-order valence-electron chi connectivity index (χ0n) is 11.7. The van der Waals surface area contributed by atoms with E-state index in [1.165, 1.54) is 23.2 Å². The fourth-order valence-corrected chi connectivity index (χ4v) is 2.14. The fraction of sp³-hybridized carbons (Fsp3) is 0.600. The summed E-state index contributed by atoms with van der Waals surface area (Å²) in [6.07, 6.45) is 1.20. The summed E-state index contributed by atoms with van der Waals surface area (Å²) in [6, 6.07) is 6.78. The molecule has 0 radical (unpaired) electrons. The van der Waals surface area contributed by atoms with Gasteiger partial charge < -0.3 is 10.2 Å². The highest BCUT2D eigenvalue weighted by Gasteiger charge is 2.08. The molecule has 0 saturated heterocycles. The predicted molar refractivity (Wildman–Crippen MR) is 76.7 cm³/mol. The van der Waals surface area contributed by atoms with Crippen LogP contribution < -0.4 is 10.2 Å². The molecule has 0 aliphatic carbocycles. The van der Waals surface area contributed by atoms with Gasteiger partial charge in [-0.3, -0.25) is 0 Å². The van der Waals surface area contributed by atoms with Crippen LogP contribution in [0, 0.1) is 6.92 Å². The quantitative estimate of drug-likeness (QED) is 0.778. The van der Waals surface area contributed by atoms with Crippen LogP contribution in [-0.4, -0.2) is 19.6 Å². The highest BCUT2D eigenvalue weighted by atomic mass is 15.1. The van der Waals surface area contributed by atoms with Crippen molar-refractivity contribution in [3.63, 3.8) is 0 Å². The number of hydrogen-bond donors (Lipinski definition) is 1. The second-order valence-corrected chi connectivity index (χ2v) is 4.49. The van der Waals surface area contributed by atoms with Gasteiger partial charge in [-0.25, -0.2) is 0 Å². The molecule has 0 unspecified atom stereocenters. The fourth-order valence-electron chi connectivity index (χ4n) is 2.14. The van der Waals surface area contributed by atoms with Gasteiger partial charge in [0.2, 0.25) is 0 Å². The molecular weight excluding hydrogens is 208 g/mol. The average Bonchev–Trinajstić information content (AvgIpc) is 2.34. The number of aryl methyl sites for hydroxylation is 1. The molecule has 0 aromatic heterocycles. The zero-order chi connectivity index (χ0) is 12.7. The summed E-state index contributed by atoms with van der Waals surface area (Å²) in [6.45, 7) is 13.0. The highest BCUT2D eigenvalue weighted by Crippen LogP contribution is 2.22. The van der Waals surface area contributed by atoms with E-state index in [0.717, 1.165) is 26.2 Å². The largest absolute Gasteiger partial charge is 0.372 e. The molecule has 0 bridgehead atoms. The second kappa shape index (κ2) is 7.33. The first kappa shape index (κ1) is 14.0. The lowest BCUT2D eigenvalue weighted by Crippen LogP contribution is -2.26. The van der Waals surface area contributed by atoms with Gasteiger partial charge in [0.05, 0.1) is 0 Å². The molecule has 0 amide bonds. The summed E-state index contributed by atoms with van der Waals surface area (Å²) in [5.74, 6) is 0. The van der Waals surface area contributed by atoms with E-state index in [9.17, 15) is 0 Å². The Morgan fingerprint density at radius 1 is 1.18 bits per heavy atom. The number of nitrogens with zero attached hydrogens (tertiary/aromatic N) is 1. The van der Waals surface area contributed by atoms with Crippen molar-refractivity contribution < 1.29 is 0 Å². The molecule has 1 aromatic rings. The van der Waals surface area contributed by atoms with E-state index in [2.05, 4.69) is 56.1 Å². The van der Waals surface area contributed by atoms with Crippen molar-refractivity contribution in [1.82, 2.24) is 5.32 Å². The topological polar surface area (TPSA) is 15.3 Å². The summed E-state index contributed by atoms with van der Waals surface area (Å²) in [5, 5.41) is 3.43. The van der Waals surface area contributed by atoms with Crippen LogP contribution in [0.3, 0.4) is 0 Å². The summed E-state index contributed by atoms with van der Waals surface area (Å²) in [5.41, 5.74) is 4.15. The van der Waals surface area contributed by atoms with E-state index in [4.69, 9.17) is 0 Å².